The van der Waals surface area contributed by atoms with Crippen LogP contribution in [0.25, 0.3) is 0 Å². The summed E-state index contributed by atoms with van der Waals surface area (Å²) in [5.74, 6) is -0.595. The van der Waals surface area contributed by atoms with Crippen molar-refractivity contribution in [3.05, 3.63) is 53.2 Å². The van der Waals surface area contributed by atoms with E-state index in [0.29, 0.717) is 5.76 Å². The van der Waals surface area contributed by atoms with Gasteiger partial charge in [-0.3, -0.25) is 4.79 Å². The molecule has 1 heterocycles. The molecule has 2 rings (SSSR count). The lowest BCUT2D eigenvalue weighted by atomic mass is 10.1. The Labute approximate surface area is 103 Å². The second-order valence-corrected chi connectivity index (χ2v) is 3.77. The normalized spacial score (nSPS) is 10.6. The fraction of sp³-hybridized carbons (Fsp3) is 0.154. The molecular weight excluding hydrogens is 237 g/mol. The van der Waals surface area contributed by atoms with Gasteiger partial charge in [-0.05, 0) is 30.3 Å². The predicted molar refractivity (Wildman–Crippen MR) is 63.7 cm³/mol. The third-order valence-electron chi connectivity index (χ3n) is 2.41. The number of carbonyl (C=O) groups is 1. The van der Waals surface area contributed by atoms with Gasteiger partial charge in [-0.1, -0.05) is 0 Å². The summed E-state index contributed by atoms with van der Waals surface area (Å²) in [5, 5.41) is 0. The van der Waals surface area contributed by atoms with Gasteiger partial charge in [-0.25, -0.2) is 4.39 Å². The summed E-state index contributed by atoms with van der Waals surface area (Å²) in [7, 11) is 1.52. The van der Waals surface area contributed by atoms with Crippen molar-refractivity contribution in [2.45, 2.75) is 6.61 Å². The first-order chi connectivity index (χ1) is 8.61. The Hall–Kier alpha value is -2.14. The number of carbonyl (C=O) groups excluding carboxylic acids is 1. The first kappa shape index (κ1) is 12.3. The third kappa shape index (κ3) is 2.41. The van der Waals surface area contributed by atoms with E-state index in [1.807, 2.05) is 0 Å². The van der Waals surface area contributed by atoms with E-state index < -0.39 is 11.6 Å². The minimum absolute atomic E-state index is 0.0671. The zero-order valence-corrected chi connectivity index (χ0v) is 9.77. The Balaban J connectivity index is 2.29. The van der Waals surface area contributed by atoms with E-state index in [1.165, 1.54) is 25.3 Å². The highest BCUT2D eigenvalue weighted by atomic mass is 19.1. The molecule has 0 saturated carbocycles. The molecule has 0 saturated heterocycles. The molecule has 18 heavy (non-hydrogen) atoms. The van der Waals surface area contributed by atoms with Crippen LogP contribution in [0.15, 0.2) is 34.7 Å². The number of benzene rings is 1. The highest BCUT2D eigenvalue weighted by molar-refractivity contribution is 6.07. The van der Waals surface area contributed by atoms with E-state index in [9.17, 15) is 9.18 Å². The van der Waals surface area contributed by atoms with Crippen molar-refractivity contribution in [2.24, 2.45) is 0 Å². The van der Waals surface area contributed by atoms with Crippen molar-refractivity contribution in [3.8, 4) is 0 Å². The largest absolute Gasteiger partial charge is 0.455 e. The van der Waals surface area contributed by atoms with Gasteiger partial charge < -0.3 is 14.9 Å². The molecule has 94 valence electrons. The number of hydrogen-bond donors (Lipinski definition) is 1. The molecule has 0 amide bonds. The molecule has 1 aromatic carbocycles. The first-order valence-electron chi connectivity index (χ1n) is 5.29. The molecule has 4 nitrogen and oxygen atoms in total. The monoisotopic (exact) mass is 249 g/mol. The molecule has 0 unspecified atom stereocenters. The number of furan rings is 1. The summed E-state index contributed by atoms with van der Waals surface area (Å²) in [6.07, 6.45) is 0. The van der Waals surface area contributed by atoms with Crippen LogP contribution in [0.2, 0.25) is 0 Å². The Kier molecular flexibility index (Phi) is 3.43. The van der Waals surface area contributed by atoms with Crippen LogP contribution >= 0.6 is 0 Å². The average molecular weight is 249 g/mol. The molecule has 0 aliphatic rings. The van der Waals surface area contributed by atoms with Crippen LogP contribution in [-0.2, 0) is 11.3 Å². The molecular formula is C13H12FNO3. The summed E-state index contributed by atoms with van der Waals surface area (Å²) >= 11 is 0. The fourth-order valence-corrected chi connectivity index (χ4v) is 1.57. The Morgan fingerprint density at radius 1 is 1.39 bits per heavy atom. The second-order valence-electron chi connectivity index (χ2n) is 3.77. The molecule has 0 bridgehead atoms. The van der Waals surface area contributed by atoms with E-state index in [2.05, 4.69) is 0 Å². The number of methoxy groups -OCH3 is 1. The summed E-state index contributed by atoms with van der Waals surface area (Å²) < 4.78 is 23.7. The van der Waals surface area contributed by atoms with Crippen LogP contribution in [0.3, 0.4) is 0 Å². The molecule has 0 spiro atoms. The standard InChI is InChI=1S/C13H12FNO3/c1-17-7-9-3-5-12(18-9)13(16)10-4-2-8(15)6-11(10)14/h2-6H,7,15H2,1H3. The maximum Gasteiger partial charge on any atom is 0.231 e. The summed E-state index contributed by atoms with van der Waals surface area (Å²) in [6, 6.07) is 7.02. The number of halogens is 1. The third-order valence-corrected chi connectivity index (χ3v) is 2.41. The summed E-state index contributed by atoms with van der Waals surface area (Å²) in [5.41, 5.74) is 5.62. The average Bonchev–Trinajstić information content (AvgIpc) is 2.77. The van der Waals surface area contributed by atoms with E-state index in [4.69, 9.17) is 14.9 Å². The Bertz CT molecular complexity index is 577. The molecule has 5 heteroatoms. The van der Waals surface area contributed by atoms with Crippen LogP contribution in [-0.4, -0.2) is 12.9 Å². The SMILES string of the molecule is COCc1ccc(C(=O)c2ccc(N)cc2F)o1. The molecule has 0 atom stereocenters. The Morgan fingerprint density at radius 3 is 2.83 bits per heavy atom. The molecule has 0 aliphatic carbocycles. The van der Waals surface area contributed by atoms with E-state index in [0.717, 1.165) is 6.07 Å². The molecule has 2 N–H and O–H groups in total. The van der Waals surface area contributed by atoms with Crippen molar-refractivity contribution < 1.29 is 18.3 Å². The number of anilines is 1. The number of ketones is 1. The van der Waals surface area contributed by atoms with Crippen molar-refractivity contribution in [3.63, 3.8) is 0 Å². The van der Waals surface area contributed by atoms with Crippen molar-refractivity contribution >= 4 is 11.5 Å². The molecule has 2 aromatic rings. The number of hydrogen-bond acceptors (Lipinski definition) is 4. The van der Waals surface area contributed by atoms with Gasteiger partial charge in [0, 0.05) is 12.8 Å². The topological polar surface area (TPSA) is 65.5 Å². The van der Waals surface area contributed by atoms with Gasteiger partial charge in [0.25, 0.3) is 0 Å². The number of rotatable bonds is 4. The molecule has 1 aromatic heterocycles. The van der Waals surface area contributed by atoms with Gasteiger partial charge in [-0.15, -0.1) is 0 Å². The van der Waals surface area contributed by atoms with Gasteiger partial charge >= 0.3 is 0 Å². The van der Waals surface area contributed by atoms with Crippen LogP contribution in [0.4, 0.5) is 10.1 Å². The highest BCUT2D eigenvalue weighted by Gasteiger charge is 2.17. The van der Waals surface area contributed by atoms with E-state index in [1.54, 1.807) is 6.07 Å². The Morgan fingerprint density at radius 2 is 2.17 bits per heavy atom. The van der Waals surface area contributed by atoms with E-state index in [-0.39, 0.29) is 23.6 Å². The molecule has 0 radical (unpaired) electrons. The maximum atomic E-state index is 13.6. The lowest BCUT2D eigenvalue weighted by molar-refractivity contribution is 0.0996. The van der Waals surface area contributed by atoms with Crippen LogP contribution < -0.4 is 5.73 Å². The van der Waals surface area contributed by atoms with Crippen LogP contribution in [0.5, 0.6) is 0 Å². The molecule has 0 aliphatic heterocycles. The zero-order chi connectivity index (χ0) is 13.1. The fourth-order valence-electron chi connectivity index (χ4n) is 1.57. The van der Waals surface area contributed by atoms with Crippen molar-refractivity contribution in [2.75, 3.05) is 12.8 Å². The van der Waals surface area contributed by atoms with Gasteiger partial charge in [0.05, 0.1) is 5.56 Å². The summed E-state index contributed by atoms with van der Waals surface area (Å²) in [4.78, 5) is 12.0. The van der Waals surface area contributed by atoms with E-state index >= 15 is 0 Å². The summed E-state index contributed by atoms with van der Waals surface area (Å²) in [6.45, 7) is 0.261. The smallest absolute Gasteiger partial charge is 0.231 e. The minimum atomic E-state index is -0.662. The van der Waals surface area contributed by atoms with Crippen molar-refractivity contribution in [1.82, 2.24) is 0 Å². The number of nitrogen functional groups attached to an aromatic ring is 1. The number of nitrogens with two attached hydrogens (primary N) is 1. The second kappa shape index (κ2) is 5.01. The van der Waals surface area contributed by atoms with Crippen molar-refractivity contribution in [1.29, 1.82) is 0 Å². The van der Waals surface area contributed by atoms with Crippen LogP contribution in [0.1, 0.15) is 21.9 Å². The van der Waals surface area contributed by atoms with Gasteiger partial charge in [0.15, 0.2) is 5.76 Å². The quantitative estimate of drug-likeness (QED) is 0.667. The van der Waals surface area contributed by atoms with Gasteiger partial charge in [0.2, 0.25) is 5.78 Å². The number of ether oxygens (including phenoxy) is 1. The predicted octanol–water partition coefficient (Wildman–Crippen LogP) is 2.38. The maximum absolute atomic E-state index is 13.6. The minimum Gasteiger partial charge on any atom is -0.455 e. The van der Waals surface area contributed by atoms with Gasteiger partial charge in [0.1, 0.15) is 18.2 Å². The zero-order valence-electron chi connectivity index (χ0n) is 9.77. The van der Waals surface area contributed by atoms with Gasteiger partial charge in [-0.2, -0.15) is 0 Å². The molecule has 0 fully saturated rings. The lowest BCUT2D eigenvalue weighted by Gasteiger charge is -2.01. The highest BCUT2D eigenvalue weighted by Crippen LogP contribution is 2.18. The lowest BCUT2D eigenvalue weighted by Crippen LogP contribution is -2.03. The van der Waals surface area contributed by atoms with Crippen LogP contribution in [0, 0.1) is 5.82 Å². The first-order valence-corrected chi connectivity index (χ1v) is 5.29.